The van der Waals surface area contributed by atoms with Gasteiger partial charge < -0.3 is 9.84 Å². The first-order valence-electron chi connectivity index (χ1n) is 11.8. The monoisotopic (exact) mass is 575 g/mol. The zero-order valence-corrected chi connectivity index (χ0v) is 23.0. The lowest BCUT2D eigenvalue weighted by Crippen LogP contribution is -2.30. The molecule has 10 heteroatoms. The lowest BCUT2D eigenvalue weighted by molar-refractivity contribution is -0.117. The first-order valence-corrected chi connectivity index (χ1v) is 14.0. The number of methoxy groups -OCH3 is 1. The Balaban J connectivity index is 1.47. The quantitative estimate of drug-likeness (QED) is 0.135. The molecule has 7 nitrogen and oxygen atoms in total. The van der Waals surface area contributed by atoms with Gasteiger partial charge in [0, 0.05) is 10.8 Å². The fraction of sp³-hybridized carbons (Fsp3) is 0.103. The highest BCUT2D eigenvalue weighted by Crippen LogP contribution is 2.43. The molecule has 0 radical (unpaired) electrons. The molecule has 3 aromatic carbocycles. The van der Waals surface area contributed by atoms with Gasteiger partial charge in [0.15, 0.2) is 15.9 Å². The number of halogens is 1. The Morgan fingerprint density at radius 3 is 2.51 bits per heavy atom. The average molecular weight is 576 g/mol. The standard InChI is InChI=1S/C29H22ClN3O4S2/c1-37-21-14-12-19(13-15-21)25-24(23(34)16-11-18-7-3-2-4-8-18)26(35)27(36)33(25)28-31-32-29(39-28)38-17-20-9-5-6-10-22(20)30/h2-16,25,35H,17H2,1H3. The third kappa shape index (κ3) is 5.75. The predicted octanol–water partition coefficient (Wildman–Crippen LogP) is 6.67. The van der Waals surface area contributed by atoms with Crippen LogP contribution < -0.4 is 9.64 Å². The number of benzene rings is 3. The van der Waals surface area contributed by atoms with Gasteiger partial charge >= 0.3 is 0 Å². The van der Waals surface area contributed by atoms with Gasteiger partial charge in [0.25, 0.3) is 5.91 Å². The molecule has 39 heavy (non-hydrogen) atoms. The number of ketones is 1. The zero-order chi connectivity index (χ0) is 27.4. The van der Waals surface area contributed by atoms with Crippen molar-refractivity contribution < 1.29 is 19.4 Å². The van der Waals surface area contributed by atoms with Crippen LogP contribution in [-0.4, -0.2) is 34.1 Å². The Hall–Kier alpha value is -3.92. The second kappa shape index (κ2) is 11.9. The van der Waals surface area contributed by atoms with Crippen molar-refractivity contribution in [1.82, 2.24) is 10.2 Å². The molecule has 2 heterocycles. The molecular formula is C29H22ClN3O4S2. The minimum Gasteiger partial charge on any atom is -0.503 e. The summed E-state index contributed by atoms with van der Waals surface area (Å²) < 4.78 is 5.89. The van der Waals surface area contributed by atoms with Gasteiger partial charge in [-0.3, -0.25) is 14.5 Å². The van der Waals surface area contributed by atoms with Gasteiger partial charge in [0.1, 0.15) is 5.75 Å². The maximum Gasteiger partial charge on any atom is 0.296 e. The lowest BCUT2D eigenvalue weighted by atomic mass is 9.95. The van der Waals surface area contributed by atoms with Gasteiger partial charge in [-0.1, -0.05) is 101 Å². The van der Waals surface area contributed by atoms with E-state index in [-0.39, 0.29) is 10.7 Å². The summed E-state index contributed by atoms with van der Waals surface area (Å²) in [6, 6.07) is 22.9. The Morgan fingerprint density at radius 2 is 1.79 bits per heavy atom. The van der Waals surface area contributed by atoms with Gasteiger partial charge in [-0.2, -0.15) is 0 Å². The molecule has 0 aliphatic carbocycles. The van der Waals surface area contributed by atoms with Crippen LogP contribution in [0.1, 0.15) is 22.7 Å². The van der Waals surface area contributed by atoms with Crippen molar-refractivity contribution in [2.45, 2.75) is 16.1 Å². The molecule has 1 aromatic heterocycles. The molecule has 0 fully saturated rings. The van der Waals surface area contributed by atoms with Crippen LogP contribution in [0, 0.1) is 0 Å². The number of thioether (sulfide) groups is 1. The van der Waals surface area contributed by atoms with E-state index in [0.29, 0.717) is 26.4 Å². The predicted molar refractivity (Wildman–Crippen MR) is 154 cm³/mol. The van der Waals surface area contributed by atoms with Crippen LogP contribution >= 0.6 is 34.7 Å². The molecule has 1 amide bonds. The van der Waals surface area contributed by atoms with E-state index in [1.165, 1.54) is 34.1 Å². The largest absolute Gasteiger partial charge is 0.503 e. The number of carbonyl (C=O) groups is 2. The molecule has 5 rings (SSSR count). The Morgan fingerprint density at radius 1 is 1.08 bits per heavy atom. The maximum absolute atomic E-state index is 13.4. The van der Waals surface area contributed by atoms with Crippen molar-refractivity contribution in [1.29, 1.82) is 0 Å². The van der Waals surface area contributed by atoms with Crippen LogP contribution in [0.25, 0.3) is 6.08 Å². The van der Waals surface area contributed by atoms with E-state index in [1.807, 2.05) is 54.6 Å². The van der Waals surface area contributed by atoms with E-state index < -0.39 is 23.5 Å². The highest BCUT2D eigenvalue weighted by Gasteiger charge is 2.45. The number of aromatic nitrogens is 2. The van der Waals surface area contributed by atoms with Crippen molar-refractivity contribution in [2.24, 2.45) is 0 Å². The van der Waals surface area contributed by atoms with Crippen LogP contribution in [0.2, 0.25) is 5.02 Å². The summed E-state index contributed by atoms with van der Waals surface area (Å²) in [7, 11) is 1.55. The third-order valence-corrected chi connectivity index (χ3v) is 8.52. The van der Waals surface area contributed by atoms with E-state index in [0.717, 1.165) is 11.1 Å². The number of aliphatic hydroxyl groups is 1. The second-order valence-corrected chi connectivity index (χ2v) is 11.0. The highest BCUT2D eigenvalue weighted by molar-refractivity contribution is 8.00. The summed E-state index contributed by atoms with van der Waals surface area (Å²) in [5.74, 6) is -0.619. The minimum atomic E-state index is -0.898. The lowest BCUT2D eigenvalue weighted by Gasteiger charge is -2.23. The molecule has 1 atom stereocenters. The van der Waals surface area contributed by atoms with Gasteiger partial charge in [-0.25, -0.2) is 0 Å². The molecular weight excluding hydrogens is 554 g/mol. The minimum absolute atomic E-state index is 0.0298. The van der Waals surface area contributed by atoms with E-state index in [1.54, 1.807) is 37.5 Å². The number of hydrogen-bond donors (Lipinski definition) is 1. The molecule has 4 aromatic rings. The number of anilines is 1. The summed E-state index contributed by atoms with van der Waals surface area (Å²) in [5, 5.41) is 20.3. The summed E-state index contributed by atoms with van der Waals surface area (Å²) in [6.07, 6.45) is 3.01. The number of rotatable bonds is 9. The number of amides is 1. The molecule has 1 unspecified atom stereocenters. The SMILES string of the molecule is COc1ccc(C2C(C(=O)C=Cc3ccccc3)=C(O)C(=O)N2c2nnc(SCc3ccccc3Cl)s2)cc1. The van der Waals surface area contributed by atoms with Gasteiger partial charge in [0.05, 0.1) is 18.7 Å². The number of allylic oxidation sites excluding steroid dienone is 1. The first-order chi connectivity index (χ1) is 19.0. The second-order valence-electron chi connectivity index (χ2n) is 8.45. The molecule has 196 valence electrons. The smallest absolute Gasteiger partial charge is 0.296 e. The average Bonchev–Trinajstić information content (AvgIpc) is 3.53. The van der Waals surface area contributed by atoms with Gasteiger partial charge in [0.2, 0.25) is 5.13 Å². The fourth-order valence-corrected chi connectivity index (χ4v) is 6.25. The molecule has 0 bridgehead atoms. The molecule has 0 saturated carbocycles. The van der Waals surface area contributed by atoms with Gasteiger partial charge in [-0.15, -0.1) is 10.2 Å². The molecule has 1 aliphatic rings. The van der Waals surface area contributed by atoms with Crippen LogP contribution in [0.5, 0.6) is 5.75 Å². The third-order valence-electron chi connectivity index (χ3n) is 6.04. The molecule has 0 saturated heterocycles. The van der Waals surface area contributed by atoms with Crippen molar-refractivity contribution in [2.75, 3.05) is 12.0 Å². The maximum atomic E-state index is 13.4. The number of aliphatic hydroxyl groups excluding tert-OH is 1. The summed E-state index contributed by atoms with van der Waals surface area (Å²) in [6.45, 7) is 0. The van der Waals surface area contributed by atoms with Crippen molar-refractivity contribution in [3.63, 3.8) is 0 Å². The van der Waals surface area contributed by atoms with Crippen molar-refractivity contribution in [3.05, 3.63) is 118 Å². The first kappa shape index (κ1) is 26.7. The fourth-order valence-electron chi connectivity index (χ4n) is 4.09. The number of ether oxygens (including phenoxy) is 1. The zero-order valence-electron chi connectivity index (χ0n) is 20.7. The normalized spacial score (nSPS) is 15.4. The van der Waals surface area contributed by atoms with Crippen LogP contribution in [-0.2, 0) is 15.3 Å². The molecule has 1 N–H and O–H groups in total. The van der Waals surface area contributed by atoms with Crippen molar-refractivity contribution >= 4 is 57.6 Å². The van der Waals surface area contributed by atoms with Crippen LogP contribution in [0.3, 0.4) is 0 Å². The molecule has 1 aliphatic heterocycles. The Kier molecular flexibility index (Phi) is 8.11. The van der Waals surface area contributed by atoms with E-state index >= 15 is 0 Å². The topological polar surface area (TPSA) is 92.6 Å². The Bertz CT molecular complexity index is 1570. The number of carbonyl (C=O) groups excluding carboxylic acids is 2. The molecule has 0 spiro atoms. The van der Waals surface area contributed by atoms with Crippen molar-refractivity contribution in [3.8, 4) is 5.75 Å². The Labute approximate surface area is 238 Å². The number of hydrogen-bond acceptors (Lipinski definition) is 8. The van der Waals surface area contributed by atoms with Gasteiger partial charge in [-0.05, 0) is 41.0 Å². The highest BCUT2D eigenvalue weighted by atomic mass is 35.5. The van der Waals surface area contributed by atoms with E-state index in [4.69, 9.17) is 16.3 Å². The van der Waals surface area contributed by atoms with Crippen LogP contribution in [0.15, 0.2) is 101 Å². The summed E-state index contributed by atoms with van der Waals surface area (Å²) in [4.78, 5) is 28.1. The number of nitrogens with zero attached hydrogens (tertiary/aromatic N) is 3. The summed E-state index contributed by atoms with van der Waals surface area (Å²) in [5.41, 5.74) is 2.35. The van der Waals surface area contributed by atoms with E-state index in [9.17, 15) is 14.7 Å². The summed E-state index contributed by atoms with van der Waals surface area (Å²) >= 11 is 8.91. The van der Waals surface area contributed by atoms with E-state index in [2.05, 4.69) is 10.2 Å². The van der Waals surface area contributed by atoms with Crippen LogP contribution in [0.4, 0.5) is 5.13 Å².